The number of hydrogen-bond acceptors (Lipinski definition) is 6. The predicted molar refractivity (Wildman–Crippen MR) is 92.0 cm³/mol. The van der Waals surface area contributed by atoms with E-state index in [4.69, 9.17) is 0 Å². The summed E-state index contributed by atoms with van der Waals surface area (Å²) in [6, 6.07) is 4.13. The number of aromatic nitrogens is 5. The van der Waals surface area contributed by atoms with E-state index in [-0.39, 0.29) is 0 Å². The van der Waals surface area contributed by atoms with Crippen LogP contribution in [0.25, 0.3) is 5.65 Å². The quantitative estimate of drug-likeness (QED) is 0.727. The highest BCUT2D eigenvalue weighted by molar-refractivity contribution is 5.72. The Labute approximate surface area is 140 Å². The molecule has 4 rings (SSSR count). The van der Waals surface area contributed by atoms with Crippen molar-refractivity contribution < 1.29 is 0 Å². The minimum absolute atomic E-state index is 0.846. The van der Waals surface area contributed by atoms with Crippen molar-refractivity contribution in [2.75, 3.05) is 31.1 Å². The number of piperazine rings is 1. The van der Waals surface area contributed by atoms with Crippen LogP contribution in [-0.4, -0.2) is 55.9 Å². The molecule has 3 aromatic rings. The van der Waals surface area contributed by atoms with Gasteiger partial charge >= 0.3 is 0 Å². The van der Waals surface area contributed by atoms with Gasteiger partial charge < -0.3 is 4.90 Å². The zero-order valence-corrected chi connectivity index (χ0v) is 14.1. The van der Waals surface area contributed by atoms with Crippen LogP contribution in [-0.2, 0) is 6.54 Å². The zero-order valence-electron chi connectivity index (χ0n) is 14.1. The van der Waals surface area contributed by atoms with Crippen LogP contribution in [0, 0.1) is 13.8 Å². The maximum Gasteiger partial charge on any atom is 0.201 e. The second-order valence-corrected chi connectivity index (χ2v) is 6.28. The van der Waals surface area contributed by atoms with Crippen molar-refractivity contribution in [3.05, 3.63) is 47.7 Å². The lowest BCUT2D eigenvalue weighted by Crippen LogP contribution is -2.46. The Morgan fingerprint density at radius 1 is 1.12 bits per heavy atom. The van der Waals surface area contributed by atoms with Crippen molar-refractivity contribution in [3.63, 3.8) is 0 Å². The molecule has 3 aromatic heterocycles. The monoisotopic (exact) mass is 323 g/mol. The van der Waals surface area contributed by atoms with Crippen LogP contribution < -0.4 is 4.90 Å². The summed E-state index contributed by atoms with van der Waals surface area (Å²) in [5, 5.41) is 12.8. The van der Waals surface area contributed by atoms with Gasteiger partial charge in [-0.3, -0.25) is 9.88 Å². The van der Waals surface area contributed by atoms with Gasteiger partial charge in [0.05, 0.1) is 11.4 Å². The fourth-order valence-corrected chi connectivity index (χ4v) is 3.29. The molecule has 0 amide bonds. The van der Waals surface area contributed by atoms with Crippen molar-refractivity contribution in [3.8, 4) is 0 Å². The van der Waals surface area contributed by atoms with Crippen molar-refractivity contribution in [2.45, 2.75) is 20.4 Å². The van der Waals surface area contributed by atoms with Gasteiger partial charge in [0.25, 0.3) is 0 Å². The number of fused-ring (bicyclic) bond motifs is 1. The van der Waals surface area contributed by atoms with Crippen molar-refractivity contribution in [2.24, 2.45) is 0 Å². The Balaban J connectivity index is 1.52. The number of anilines is 1. The molecule has 24 heavy (non-hydrogen) atoms. The highest BCUT2D eigenvalue weighted by Crippen LogP contribution is 2.27. The van der Waals surface area contributed by atoms with Gasteiger partial charge in [0.2, 0.25) is 5.65 Å². The minimum Gasteiger partial charge on any atom is -0.366 e. The van der Waals surface area contributed by atoms with Crippen LogP contribution in [0.3, 0.4) is 0 Å². The number of pyridine rings is 1. The lowest BCUT2D eigenvalue weighted by atomic mass is 10.1. The Morgan fingerprint density at radius 3 is 2.71 bits per heavy atom. The van der Waals surface area contributed by atoms with Gasteiger partial charge in [-0.1, -0.05) is 6.07 Å². The first kappa shape index (κ1) is 15.0. The van der Waals surface area contributed by atoms with Crippen molar-refractivity contribution in [1.29, 1.82) is 0 Å². The van der Waals surface area contributed by atoms with Gasteiger partial charge in [0, 0.05) is 45.1 Å². The molecular weight excluding hydrogens is 302 g/mol. The first-order valence-corrected chi connectivity index (χ1v) is 8.26. The maximum absolute atomic E-state index is 4.51. The molecule has 0 spiro atoms. The standard InChI is InChI=1S/C17H21N7/c1-13-14(2)21-24-12-19-20-17(24)16(13)23-8-6-22(7-9-23)11-15-4-3-5-18-10-15/h3-5,10,12H,6-9,11H2,1-2H3. The number of hydrogen-bond donors (Lipinski definition) is 0. The molecule has 124 valence electrons. The average Bonchev–Trinajstić information content (AvgIpc) is 3.06. The smallest absolute Gasteiger partial charge is 0.201 e. The molecule has 1 saturated heterocycles. The van der Waals surface area contributed by atoms with Gasteiger partial charge in [0.1, 0.15) is 6.33 Å². The number of rotatable bonds is 3. The van der Waals surface area contributed by atoms with Gasteiger partial charge in [-0.25, -0.2) is 0 Å². The van der Waals surface area contributed by atoms with E-state index in [1.807, 2.05) is 25.4 Å². The van der Waals surface area contributed by atoms with E-state index in [0.717, 1.165) is 44.1 Å². The number of aryl methyl sites for hydroxylation is 1. The van der Waals surface area contributed by atoms with Gasteiger partial charge in [-0.15, -0.1) is 10.2 Å². The third-order valence-electron chi connectivity index (χ3n) is 4.72. The lowest BCUT2D eigenvalue weighted by Gasteiger charge is -2.36. The largest absolute Gasteiger partial charge is 0.366 e. The molecule has 0 aliphatic carbocycles. The summed E-state index contributed by atoms with van der Waals surface area (Å²) in [7, 11) is 0. The van der Waals surface area contributed by atoms with E-state index in [9.17, 15) is 0 Å². The van der Waals surface area contributed by atoms with Crippen LogP contribution in [0.1, 0.15) is 16.8 Å². The molecule has 0 bridgehead atoms. The van der Waals surface area contributed by atoms with E-state index in [1.54, 1.807) is 10.8 Å². The third kappa shape index (κ3) is 2.71. The average molecular weight is 323 g/mol. The van der Waals surface area contributed by atoms with Crippen LogP contribution in [0.2, 0.25) is 0 Å². The summed E-state index contributed by atoms with van der Waals surface area (Å²) in [4.78, 5) is 9.08. The second kappa shape index (κ2) is 6.16. The summed E-state index contributed by atoms with van der Waals surface area (Å²) < 4.78 is 1.78. The molecule has 0 aromatic carbocycles. The Hall–Kier alpha value is -2.54. The molecule has 7 heteroatoms. The fourth-order valence-electron chi connectivity index (χ4n) is 3.29. The fraction of sp³-hybridized carbons (Fsp3) is 0.412. The van der Waals surface area contributed by atoms with Crippen LogP contribution in [0.5, 0.6) is 0 Å². The van der Waals surface area contributed by atoms with Crippen molar-refractivity contribution in [1.82, 2.24) is 29.7 Å². The number of nitrogens with zero attached hydrogens (tertiary/aromatic N) is 7. The predicted octanol–water partition coefficient (Wildman–Crippen LogP) is 1.46. The topological polar surface area (TPSA) is 62.5 Å². The highest BCUT2D eigenvalue weighted by Gasteiger charge is 2.22. The third-order valence-corrected chi connectivity index (χ3v) is 4.72. The molecule has 1 fully saturated rings. The van der Waals surface area contributed by atoms with Crippen LogP contribution in [0.4, 0.5) is 5.69 Å². The molecule has 1 aliphatic heterocycles. The van der Waals surface area contributed by atoms with Crippen molar-refractivity contribution >= 4 is 11.3 Å². The molecule has 4 heterocycles. The normalized spacial score (nSPS) is 16.0. The SMILES string of the molecule is Cc1nn2cnnc2c(N2CCN(Cc3cccnc3)CC2)c1C. The van der Waals surface area contributed by atoms with E-state index in [0.29, 0.717) is 0 Å². The minimum atomic E-state index is 0.846. The summed E-state index contributed by atoms with van der Waals surface area (Å²) in [5.74, 6) is 0. The van der Waals surface area contributed by atoms with Gasteiger partial charge in [-0.2, -0.15) is 9.61 Å². The van der Waals surface area contributed by atoms with Crippen LogP contribution >= 0.6 is 0 Å². The van der Waals surface area contributed by atoms with Gasteiger partial charge in [0.15, 0.2) is 0 Å². The first-order valence-electron chi connectivity index (χ1n) is 8.26. The molecule has 0 saturated carbocycles. The van der Waals surface area contributed by atoms with E-state index >= 15 is 0 Å². The molecule has 1 aliphatic rings. The second-order valence-electron chi connectivity index (χ2n) is 6.28. The molecule has 7 nitrogen and oxygen atoms in total. The summed E-state index contributed by atoms with van der Waals surface area (Å²) in [6.07, 6.45) is 5.44. The Bertz CT molecular complexity index is 835. The lowest BCUT2D eigenvalue weighted by molar-refractivity contribution is 0.249. The first-order chi connectivity index (χ1) is 11.7. The zero-order chi connectivity index (χ0) is 16.5. The molecule has 0 N–H and O–H groups in total. The molecule has 0 unspecified atom stereocenters. The van der Waals surface area contributed by atoms with E-state index < -0.39 is 0 Å². The maximum atomic E-state index is 4.51. The Kier molecular flexibility index (Phi) is 3.86. The highest BCUT2D eigenvalue weighted by atomic mass is 15.4. The summed E-state index contributed by atoms with van der Waals surface area (Å²) in [6.45, 7) is 9.12. The summed E-state index contributed by atoms with van der Waals surface area (Å²) >= 11 is 0. The van der Waals surface area contributed by atoms with Crippen LogP contribution in [0.15, 0.2) is 30.9 Å². The molecule has 0 atom stereocenters. The molecular formula is C17H21N7. The van der Waals surface area contributed by atoms with E-state index in [1.165, 1.54) is 16.8 Å². The summed E-state index contributed by atoms with van der Waals surface area (Å²) in [5.41, 5.74) is 5.49. The Morgan fingerprint density at radius 2 is 1.96 bits per heavy atom. The molecule has 0 radical (unpaired) electrons. The van der Waals surface area contributed by atoms with Gasteiger partial charge in [-0.05, 0) is 31.0 Å². The van der Waals surface area contributed by atoms with E-state index in [2.05, 4.69) is 43.1 Å².